The lowest BCUT2D eigenvalue weighted by Crippen LogP contribution is -2.25. The lowest BCUT2D eigenvalue weighted by molar-refractivity contribution is 0.167. The molecule has 18 heavy (non-hydrogen) atoms. The third-order valence-electron chi connectivity index (χ3n) is 4.31. The summed E-state index contributed by atoms with van der Waals surface area (Å²) in [5.41, 5.74) is 1.52. The standard InChI is InChI=1S/C15H25NO2/c1-15(2,3)12-6-4-11(5-7-12)14-10-13(8-9-17)18-16-14/h10-12,17H,4-9H2,1-3H3. The smallest absolute Gasteiger partial charge is 0.139 e. The van der Waals surface area contributed by atoms with E-state index in [1.807, 2.05) is 6.07 Å². The molecule has 2 rings (SSSR count). The Morgan fingerprint density at radius 3 is 2.50 bits per heavy atom. The molecule has 1 aliphatic rings. The summed E-state index contributed by atoms with van der Waals surface area (Å²) in [6.07, 6.45) is 5.58. The summed E-state index contributed by atoms with van der Waals surface area (Å²) < 4.78 is 5.24. The van der Waals surface area contributed by atoms with Gasteiger partial charge in [-0.05, 0) is 37.0 Å². The summed E-state index contributed by atoms with van der Waals surface area (Å²) in [6, 6.07) is 2.03. The van der Waals surface area contributed by atoms with Gasteiger partial charge in [-0.25, -0.2) is 0 Å². The molecule has 1 fully saturated rings. The summed E-state index contributed by atoms with van der Waals surface area (Å²) in [5.74, 6) is 2.20. The predicted molar refractivity (Wildman–Crippen MR) is 71.4 cm³/mol. The van der Waals surface area contributed by atoms with E-state index in [-0.39, 0.29) is 6.61 Å². The Morgan fingerprint density at radius 2 is 1.94 bits per heavy atom. The number of nitrogens with zero attached hydrogens (tertiary/aromatic N) is 1. The van der Waals surface area contributed by atoms with Gasteiger partial charge in [-0.1, -0.05) is 25.9 Å². The van der Waals surface area contributed by atoms with Gasteiger partial charge in [0, 0.05) is 18.4 Å². The van der Waals surface area contributed by atoms with Gasteiger partial charge in [-0.3, -0.25) is 0 Å². The number of aromatic nitrogens is 1. The van der Waals surface area contributed by atoms with Gasteiger partial charge in [-0.2, -0.15) is 0 Å². The van der Waals surface area contributed by atoms with Gasteiger partial charge < -0.3 is 9.63 Å². The molecule has 0 aromatic carbocycles. The molecule has 1 aliphatic carbocycles. The fourth-order valence-electron chi connectivity index (χ4n) is 3.00. The first-order valence-corrected chi connectivity index (χ1v) is 7.07. The zero-order valence-corrected chi connectivity index (χ0v) is 11.8. The van der Waals surface area contributed by atoms with E-state index < -0.39 is 0 Å². The van der Waals surface area contributed by atoms with Crippen molar-refractivity contribution in [2.24, 2.45) is 11.3 Å². The quantitative estimate of drug-likeness (QED) is 0.894. The molecule has 0 spiro atoms. The minimum atomic E-state index is 0.130. The highest BCUT2D eigenvalue weighted by molar-refractivity contribution is 5.12. The number of hydrogen-bond acceptors (Lipinski definition) is 3. The molecule has 0 aliphatic heterocycles. The maximum atomic E-state index is 8.88. The molecular weight excluding hydrogens is 226 g/mol. The fourth-order valence-corrected chi connectivity index (χ4v) is 3.00. The Balaban J connectivity index is 1.92. The van der Waals surface area contributed by atoms with Crippen molar-refractivity contribution in [3.63, 3.8) is 0 Å². The van der Waals surface area contributed by atoms with Gasteiger partial charge >= 0.3 is 0 Å². The molecule has 1 aromatic rings. The molecule has 102 valence electrons. The molecule has 0 unspecified atom stereocenters. The fraction of sp³-hybridized carbons (Fsp3) is 0.800. The van der Waals surface area contributed by atoms with Crippen molar-refractivity contribution in [2.75, 3.05) is 6.61 Å². The highest BCUT2D eigenvalue weighted by Gasteiger charge is 2.31. The van der Waals surface area contributed by atoms with Crippen LogP contribution in [0.4, 0.5) is 0 Å². The average Bonchev–Trinajstić information content (AvgIpc) is 2.77. The second-order valence-corrected chi connectivity index (χ2v) is 6.61. The van der Waals surface area contributed by atoms with Crippen molar-refractivity contribution >= 4 is 0 Å². The Bertz CT molecular complexity index is 370. The Labute approximate surface area is 110 Å². The van der Waals surface area contributed by atoms with Crippen LogP contribution in [0.5, 0.6) is 0 Å². The highest BCUT2D eigenvalue weighted by Crippen LogP contribution is 2.42. The third-order valence-corrected chi connectivity index (χ3v) is 4.31. The largest absolute Gasteiger partial charge is 0.396 e. The van der Waals surface area contributed by atoms with Crippen LogP contribution in [-0.4, -0.2) is 16.9 Å². The molecule has 0 bridgehead atoms. The van der Waals surface area contributed by atoms with E-state index in [1.165, 1.54) is 25.7 Å². The Kier molecular flexibility index (Phi) is 4.10. The second-order valence-electron chi connectivity index (χ2n) is 6.61. The maximum absolute atomic E-state index is 8.88. The summed E-state index contributed by atoms with van der Waals surface area (Å²) in [7, 11) is 0. The summed E-state index contributed by atoms with van der Waals surface area (Å²) in [5, 5.41) is 13.0. The third kappa shape index (κ3) is 3.14. The van der Waals surface area contributed by atoms with E-state index in [9.17, 15) is 0 Å². The number of aliphatic hydroxyl groups is 1. The summed E-state index contributed by atoms with van der Waals surface area (Å²) in [6.45, 7) is 7.15. The van der Waals surface area contributed by atoms with Crippen molar-refractivity contribution in [3.8, 4) is 0 Å². The SMILES string of the molecule is CC(C)(C)C1CCC(c2cc(CCO)on2)CC1. The van der Waals surface area contributed by atoms with Crippen molar-refractivity contribution < 1.29 is 9.63 Å². The highest BCUT2D eigenvalue weighted by atomic mass is 16.5. The summed E-state index contributed by atoms with van der Waals surface area (Å²) in [4.78, 5) is 0. The van der Waals surface area contributed by atoms with Crippen molar-refractivity contribution in [1.82, 2.24) is 5.16 Å². The van der Waals surface area contributed by atoms with Gasteiger partial charge in [-0.15, -0.1) is 0 Å². The minimum absolute atomic E-state index is 0.130. The van der Waals surface area contributed by atoms with Crippen LogP contribution in [-0.2, 0) is 6.42 Å². The van der Waals surface area contributed by atoms with Crippen LogP contribution in [0, 0.1) is 11.3 Å². The first-order valence-electron chi connectivity index (χ1n) is 7.07. The molecule has 1 heterocycles. The van der Waals surface area contributed by atoms with Gasteiger partial charge in [0.2, 0.25) is 0 Å². The normalized spacial score (nSPS) is 25.3. The second kappa shape index (κ2) is 5.43. The van der Waals surface area contributed by atoms with Crippen LogP contribution in [0.3, 0.4) is 0 Å². The van der Waals surface area contributed by atoms with Gasteiger partial charge in [0.05, 0.1) is 12.3 Å². The Morgan fingerprint density at radius 1 is 1.28 bits per heavy atom. The zero-order valence-electron chi connectivity index (χ0n) is 11.8. The van der Waals surface area contributed by atoms with Crippen LogP contribution in [0.25, 0.3) is 0 Å². The molecule has 1 N–H and O–H groups in total. The zero-order chi connectivity index (χ0) is 13.2. The number of aliphatic hydroxyl groups excluding tert-OH is 1. The molecule has 0 atom stereocenters. The van der Waals surface area contributed by atoms with E-state index >= 15 is 0 Å². The van der Waals surface area contributed by atoms with E-state index in [0.29, 0.717) is 17.8 Å². The van der Waals surface area contributed by atoms with Crippen LogP contribution in [0.15, 0.2) is 10.6 Å². The molecule has 1 saturated carbocycles. The average molecular weight is 251 g/mol. The maximum Gasteiger partial charge on any atom is 0.139 e. The van der Waals surface area contributed by atoms with Crippen molar-refractivity contribution in [3.05, 3.63) is 17.5 Å². The first kappa shape index (κ1) is 13.6. The van der Waals surface area contributed by atoms with Gasteiger partial charge in [0.1, 0.15) is 5.76 Å². The Hall–Kier alpha value is -0.830. The molecule has 0 radical (unpaired) electrons. The van der Waals surface area contributed by atoms with Crippen LogP contribution >= 0.6 is 0 Å². The van der Waals surface area contributed by atoms with E-state index in [0.717, 1.165) is 17.4 Å². The van der Waals surface area contributed by atoms with Crippen LogP contribution in [0.1, 0.15) is 63.8 Å². The molecule has 1 aromatic heterocycles. The number of rotatable bonds is 3. The minimum Gasteiger partial charge on any atom is -0.396 e. The monoisotopic (exact) mass is 251 g/mol. The van der Waals surface area contributed by atoms with E-state index in [2.05, 4.69) is 25.9 Å². The van der Waals surface area contributed by atoms with E-state index in [1.54, 1.807) is 0 Å². The molecular formula is C15H25NO2. The van der Waals surface area contributed by atoms with Crippen LogP contribution < -0.4 is 0 Å². The van der Waals surface area contributed by atoms with Gasteiger partial charge in [0.15, 0.2) is 0 Å². The van der Waals surface area contributed by atoms with E-state index in [4.69, 9.17) is 9.63 Å². The molecule has 0 saturated heterocycles. The van der Waals surface area contributed by atoms with Crippen molar-refractivity contribution in [2.45, 2.75) is 58.8 Å². The van der Waals surface area contributed by atoms with Gasteiger partial charge in [0.25, 0.3) is 0 Å². The topological polar surface area (TPSA) is 46.3 Å². The molecule has 0 amide bonds. The first-order chi connectivity index (χ1) is 8.50. The van der Waals surface area contributed by atoms with Crippen molar-refractivity contribution in [1.29, 1.82) is 0 Å². The molecule has 3 heteroatoms. The molecule has 3 nitrogen and oxygen atoms in total. The lowest BCUT2D eigenvalue weighted by Gasteiger charge is -2.36. The number of hydrogen-bond donors (Lipinski definition) is 1. The predicted octanol–water partition coefficient (Wildman–Crippen LogP) is 3.53. The summed E-state index contributed by atoms with van der Waals surface area (Å²) >= 11 is 0. The lowest BCUT2D eigenvalue weighted by atomic mass is 9.69. The van der Waals surface area contributed by atoms with Crippen LogP contribution in [0.2, 0.25) is 0 Å².